The summed E-state index contributed by atoms with van der Waals surface area (Å²) in [6.07, 6.45) is 3.45. The molecule has 1 fully saturated rings. The highest BCUT2D eigenvalue weighted by Gasteiger charge is 2.26. The van der Waals surface area contributed by atoms with E-state index in [1.54, 1.807) is 12.1 Å². The Morgan fingerprint density at radius 1 is 1.03 bits per heavy atom. The number of hydrogen-bond donors (Lipinski definition) is 1. The summed E-state index contributed by atoms with van der Waals surface area (Å²) < 4.78 is 42.3. The predicted molar refractivity (Wildman–Crippen MR) is 121 cm³/mol. The van der Waals surface area contributed by atoms with Crippen molar-refractivity contribution in [2.24, 2.45) is 0 Å². The van der Waals surface area contributed by atoms with Crippen LogP contribution in [0.3, 0.4) is 0 Å². The molecule has 0 bridgehead atoms. The van der Waals surface area contributed by atoms with Gasteiger partial charge in [0.1, 0.15) is 17.5 Å². The van der Waals surface area contributed by atoms with E-state index in [9.17, 15) is 18.0 Å². The summed E-state index contributed by atoms with van der Waals surface area (Å²) in [4.78, 5) is 14.7. The lowest BCUT2D eigenvalue weighted by molar-refractivity contribution is -0.113. The van der Waals surface area contributed by atoms with Gasteiger partial charge in [0.05, 0.1) is 17.5 Å². The molecule has 4 rings (SSSR count). The lowest BCUT2D eigenvalue weighted by Gasteiger charge is -2.31. The van der Waals surface area contributed by atoms with Crippen molar-refractivity contribution < 1.29 is 18.0 Å². The summed E-state index contributed by atoms with van der Waals surface area (Å²) in [6, 6.07) is 8.96. The molecule has 1 amide bonds. The number of nitrogens with zero attached hydrogens (tertiary/aromatic N) is 4. The Morgan fingerprint density at radius 2 is 1.73 bits per heavy atom. The van der Waals surface area contributed by atoms with Crippen LogP contribution in [0.5, 0.6) is 0 Å². The third-order valence-corrected chi connectivity index (χ3v) is 6.52. The molecular formula is C23H24F3N5OS. The third-order valence-electron chi connectivity index (χ3n) is 5.59. The molecule has 33 heavy (non-hydrogen) atoms. The molecule has 1 aliphatic heterocycles. The minimum absolute atomic E-state index is 0.0145. The van der Waals surface area contributed by atoms with Gasteiger partial charge in [-0.05, 0) is 69.3 Å². The van der Waals surface area contributed by atoms with Crippen LogP contribution in [0.15, 0.2) is 47.6 Å². The Kier molecular flexibility index (Phi) is 7.34. The molecule has 6 nitrogen and oxygen atoms in total. The average molecular weight is 476 g/mol. The van der Waals surface area contributed by atoms with Crippen LogP contribution in [0.2, 0.25) is 0 Å². The van der Waals surface area contributed by atoms with Gasteiger partial charge in [-0.3, -0.25) is 14.3 Å². The van der Waals surface area contributed by atoms with Gasteiger partial charge in [-0.2, -0.15) is 0 Å². The molecule has 2 heterocycles. The van der Waals surface area contributed by atoms with Crippen LogP contribution < -0.4 is 5.32 Å². The van der Waals surface area contributed by atoms with E-state index in [0.717, 1.165) is 43.8 Å². The van der Waals surface area contributed by atoms with Crippen LogP contribution >= 0.6 is 11.8 Å². The van der Waals surface area contributed by atoms with E-state index < -0.39 is 17.5 Å². The Labute approximate surface area is 194 Å². The van der Waals surface area contributed by atoms with Crippen molar-refractivity contribution in [1.82, 2.24) is 19.7 Å². The molecule has 1 saturated heterocycles. The summed E-state index contributed by atoms with van der Waals surface area (Å²) in [5.41, 5.74) is 0.592. The number of benzene rings is 2. The van der Waals surface area contributed by atoms with E-state index in [-0.39, 0.29) is 23.3 Å². The number of thioether (sulfide) groups is 1. The first-order valence-electron chi connectivity index (χ1n) is 10.8. The first-order chi connectivity index (χ1) is 15.9. The zero-order valence-electron chi connectivity index (χ0n) is 18.1. The van der Waals surface area contributed by atoms with E-state index in [0.29, 0.717) is 22.7 Å². The number of rotatable bonds is 7. The SMILES string of the molecule is CC(c1nnc(SCC(=O)Nc2ccc(F)cc2F)n1-c1ccc(F)cc1)N1CCCCC1. The van der Waals surface area contributed by atoms with Crippen LogP contribution in [0.4, 0.5) is 18.9 Å². The monoisotopic (exact) mass is 475 g/mol. The highest BCUT2D eigenvalue weighted by Crippen LogP contribution is 2.29. The van der Waals surface area contributed by atoms with Crippen molar-refractivity contribution in [2.45, 2.75) is 37.4 Å². The van der Waals surface area contributed by atoms with Crippen LogP contribution in [-0.2, 0) is 4.79 Å². The number of carbonyl (C=O) groups is 1. The summed E-state index contributed by atoms with van der Waals surface area (Å²) in [5.74, 6) is -1.75. The molecule has 1 aliphatic rings. The number of nitrogens with one attached hydrogen (secondary N) is 1. The van der Waals surface area contributed by atoms with Crippen molar-refractivity contribution >= 4 is 23.4 Å². The number of hydrogen-bond acceptors (Lipinski definition) is 5. The summed E-state index contributed by atoms with van der Waals surface area (Å²) in [5, 5.41) is 11.6. The predicted octanol–water partition coefficient (Wildman–Crippen LogP) is 4.96. The molecule has 10 heteroatoms. The summed E-state index contributed by atoms with van der Waals surface area (Å²) in [6.45, 7) is 3.99. The zero-order chi connectivity index (χ0) is 23.4. The van der Waals surface area contributed by atoms with Crippen molar-refractivity contribution in [3.8, 4) is 5.69 Å². The van der Waals surface area contributed by atoms with Crippen molar-refractivity contribution in [2.75, 3.05) is 24.2 Å². The highest BCUT2D eigenvalue weighted by molar-refractivity contribution is 7.99. The molecule has 0 radical (unpaired) electrons. The second kappa shape index (κ2) is 10.4. The Morgan fingerprint density at radius 3 is 2.42 bits per heavy atom. The molecule has 1 atom stereocenters. The average Bonchev–Trinajstić information content (AvgIpc) is 3.24. The van der Waals surface area contributed by atoms with Gasteiger partial charge >= 0.3 is 0 Å². The topological polar surface area (TPSA) is 63.1 Å². The van der Waals surface area contributed by atoms with Gasteiger partial charge in [-0.1, -0.05) is 18.2 Å². The van der Waals surface area contributed by atoms with E-state index >= 15 is 0 Å². The maximum Gasteiger partial charge on any atom is 0.234 e. The maximum absolute atomic E-state index is 13.8. The number of carbonyl (C=O) groups excluding carboxylic acids is 1. The van der Waals surface area contributed by atoms with Crippen LogP contribution in [0.1, 0.15) is 38.1 Å². The third kappa shape index (κ3) is 5.56. The van der Waals surface area contributed by atoms with E-state index in [2.05, 4.69) is 27.3 Å². The molecule has 3 aromatic rings. The number of aromatic nitrogens is 3. The molecule has 1 N–H and O–H groups in total. The minimum Gasteiger partial charge on any atom is -0.323 e. The first-order valence-corrected chi connectivity index (χ1v) is 11.7. The fourth-order valence-corrected chi connectivity index (χ4v) is 4.61. The largest absolute Gasteiger partial charge is 0.323 e. The van der Waals surface area contributed by atoms with Crippen LogP contribution in [-0.4, -0.2) is 44.4 Å². The van der Waals surface area contributed by atoms with Crippen molar-refractivity contribution in [1.29, 1.82) is 0 Å². The smallest absolute Gasteiger partial charge is 0.234 e. The number of amides is 1. The van der Waals surface area contributed by atoms with Gasteiger partial charge in [0.25, 0.3) is 0 Å². The van der Waals surface area contributed by atoms with Crippen molar-refractivity contribution in [3.63, 3.8) is 0 Å². The Balaban J connectivity index is 1.55. The molecule has 0 aliphatic carbocycles. The summed E-state index contributed by atoms with van der Waals surface area (Å²) >= 11 is 1.14. The molecule has 0 spiro atoms. The van der Waals surface area contributed by atoms with Gasteiger partial charge in [0.15, 0.2) is 11.0 Å². The number of halogens is 3. The van der Waals surface area contributed by atoms with E-state index in [4.69, 9.17) is 0 Å². The molecule has 1 unspecified atom stereocenters. The summed E-state index contributed by atoms with van der Waals surface area (Å²) in [7, 11) is 0. The lowest BCUT2D eigenvalue weighted by Crippen LogP contribution is -2.33. The Bertz CT molecular complexity index is 1120. The van der Waals surface area contributed by atoms with Gasteiger partial charge in [-0.25, -0.2) is 13.2 Å². The first kappa shape index (κ1) is 23.3. The van der Waals surface area contributed by atoms with Crippen molar-refractivity contribution in [3.05, 3.63) is 65.7 Å². The zero-order valence-corrected chi connectivity index (χ0v) is 18.9. The fourth-order valence-electron chi connectivity index (χ4n) is 3.85. The number of piperidine rings is 1. The van der Waals surface area contributed by atoms with Gasteiger partial charge in [0, 0.05) is 11.8 Å². The number of anilines is 1. The second-order valence-corrected chi connectivity index (χ2v) is 8.83. The molecular weight excluding hydrogens is 451 g/mol. The lowest BCUT2D eigenvalue weighted by atomic mass is 10.1. The van der Waals surface area contributed by atoms with Crippen LogP contribution in [0.25, 0.3) is 5.69 Å². The maximum atomic E-state index is 13.8. The quantitative estimate of drug-likeness (QED) is 0.490. The second-order valence-electron chi connectivity index (χ2n) is 7.89. The highest BCUT2D eigenvalue weighted by atomic mass is 32.2. The fraction of sp³-hybridized carbons (Fsp3) is 0.348. The van der Waals surface area contributed by atoms with E-state index in [1.807, 2.05) is 4.57 Å². The molecule has 1 aromatic heterocycles. The standard InChI is InChI=1S/C23H24F3N5OS/c1-15(30-11-3-2-4-12-30)22-28-29-23(31(22)18-8-5-16(24)6-9-18)33-14-21(32)27-20-10-7-17(25)13-19(20)26/h5-10,13,15H,2-4,11-12,14H2,1H3,(H,27,32). The molecule has 0 saturated carbocycles. The van der Waals surface area contributed by atoms with Crippen LogP contribution in [0, 0.1) is 17.5 Å². The van der Waals surface area contributed by atoms with Gasteiger partial charge in [-0.15, -0.1) is 10.2 Å². The Hall–Kier alpha value is -2.85. The van der Waals surface area contributed by atoms with E-state index in [1.165, 1.54) is 24.6 Å². The minimum atomic E-state index is -0.847. The van der Waals surface area contributed by atoms with Gasteiger partial charge < -0.3 is 5.32 Å². The molecule has 174 valence electrons. The molecule has 2 aromatic carbocycles. The van der Waals surface area contributed by atoms with Gasteiger partial charge in [0.2, 0.25) is 5.91 Å². The number of likely N-dealkylation sites (tertiary alicyclic amines) is 1. The normalized spacial score (nSPS) is 15.4.